The van der Waals surface area contributed by atoms with Crippen LogP contribution in [0.1, 0.15) is 28.8 Å². The fraction of sp³-hybridized carbons (Fsp3) is 0.308. The van der Waals surface area contributed by atoms with E-state index in [4.69, 9.17) is 21.4 Å². The van der Waals surface area contributed by atoms with E-state index in [9.17, 15) is 14.4 Å². The molecule has 0 atom stereocenters. The summed E-state index contributed by atoms with van der Waals surface area (Å²) in [5.74, 6) is -0.0919. The molecule has 6 rings (SSSR count). The molecular formula is C26H25ClN6O4. The van der Waals surface area contributed by atoms with Crippen LogP contribution in [0.5, 0.6) is 0 Å². The highest BCUT2D eigenvalue weighted by atomic mass is 35.5. The van der Waals surface area contributed by atoms with Gasteiger partial charge in [-0.15, -0.1) is 0 Å². The van der Waals surface area contributed by atoms with Crippen LogP contribution in [0, 0.1) is 5.92 Å². The number of methoxy groups -OCH3 is 1. The minimum Gasteiger partial charge on any atom is -0.465 e. The number of ether oxygens (including phenoxy) is 1. The summed E-state index contributed by atoms with van der Waals surface area (Å²) in [5, 5.41) is 6.72. The van der Waals surface area contributed by atoms with Crippen molar-refractivity contribution in [2.45, 2.75) is 25.9 Å². The maximum Gasteiger partial charge on any atom is 0.339 e. The highest BCUT2D eigenvalue weighted by Gasteiger charge is 2.29. The molecule has 0 spiro atoms. The Bertz CT molecular complexity index is 1830. The average Bonchev–Trinajstić information content (AvgIpc) is 3.33. The lowest BCUT2D eigenvalue weighted by Gasteiger charge is -2.09. The van der Waals surface area contributed by atoms with Crippen molar-refractivity contribution in [3.05, 3.63) is 73.6 Å². The van der Waals surface area contributed by atoms with Gasteiger partial charge in [-0.2, -0.15) is 5.10 Å². The number of aromatic nitrogens is 6. The maximum absolute atomic E-state index is 13.5. The van der Waals surface area contributed by atoms with Crippen LogP contribution in [-0.2, 0) is 31.9 Å². The molecule has 1 saturated carbocycles. The third kappa shape index (κ3) is 3.79. The van der Waals surface area contributed by atoms with Crippen LogP contribution >= 0.6 is 11.6 Å². The second kappa shape index (κ2) is 8.52. The first kappa shape index (κ1) is 23.4. The highest BCUT2D eigenvalue weighted by Crippen LogP contribution is 2.33. The number of fused-ring (bicyclic) bond motifs is 2. The number of carbonyl (C=O) groups excluding carboxylic acids is 1. The number of benzene rings is 1. The van der Waals surface area contributed by atoms with Crippen LogP contribution in [-0.4, -0.2) is 41.5 Å². The van der Waals surface area contributed by atoms with Gasteiger partial charge in [-0.1, -0.05) is 11.6 Å². The summed E-state index contributed by atoms with van der Waals surface area (Å²) in [5.41, 5.74) is 2.84. The number of H-pyrrole nitrogens is 1. The summed E-state index contributed by atoms with van der Waals surface area (Å²) in [7, 11) is 4.60. The van der Waals surface area contributed by atoms with Crippen molar-refractivity contribution >= 4 is 39.5 Å². The number of nitrogens with one attached hydrogen (secondary N) is 1. The van der Waals surface area contributed by atoms with Gasteiger partial charge in [0.25, 0.3) is 5.56 Å². The molecule has 10 nitrogen and oxygen atoms in total. The molecule has 0 amide bonds. The topological polar surface area (TPSA) is 109 Å². The van der Waals surface area contributed by atoms with Crippen LogP contribution in [0.2, 0.25) is 5.02 Å². The minimum atomic E-state index is -0.484. The molecule has 0 aliphatic heterocycles. The van der Waals surface area contributed by atoms with E-state index in [1.165, 1.54) is 14.2 Å². The van der Waals surface area contributed by atoms with Crippen molar-refractivity contribution in [3.8, 4) is 11.4 Å². The second-order valence-corrected chi connectivity index (χ2v) is 10.1. The molecule has 0 saturated heterocycles. The van der Waals surface area contributed by atoms with E-state index in [0.29, 0.717) is 52.0 Å². The van der Waals surface area contributed by atoms with Gasteiger partial charge in [-0.3, -0.25) is 18.6 Å². The monoisotopic (exact) mass is 520 g/mol. The van der Waals surface area contributed by atoms with E-state index in [2.05, 4.69) is 4.98 Å². The molecule has 190 valence electrons. The quantitative estimate of drug-likeness (QED) is 0.346. The van der Waals surface area contributed by atoms with Crippen LogP contribution < -0.4 is 11.2 Å². The first-order valence-electron chi connectivity index (χ1n) is 12.0. The summed E-state index contributed by atoms with van der Waals surface area (Å²) < 4.78 is 11.1. The third-order valence-electron chi connectivity index (χ3n) is 7.08. The molecule has 1 aliphatic carbocycles. The molecule has 1 fully saturated rings. The Morgan fingerprint density at radius 2 is 2.00 bits per heavy atom. The Kier molecular flexibility index (Phi) is 5.38. The molecule has 11 heteroatoms. The number of hydrogen-bond donors (Lipinski definition) is 1. The minimum absolute atomic E-state index is 0.309. The van der Waals surface area contributed by atoms with E-state index in [1.807, 2.05) is 24.4 Å². The predicted octanol–water partition coefficient (Wildman–Crippen LogP) is 3.28. The van der Waals surface area contributed by atoms with Crippen molar-refractivity contribution in [1.82, 2.24) is 28.5 Å². The van der Waals surface area contributed by atoms with Crippen molar-refractivity contribution in [1.29, 1.82) is 0 Å². The van der Waals surface area contributed by atoms with E-state index in [-0.39, 0.29) is 5.69 Å². The van der Waals surface area contributed by atoms with E-state index < -0.39 is 11.5 Å². The number of esters is 1. The van der Waals surface area contributed by atoms with Crippen LogP contribution in [0.4, 0.5) is 0 Å². The number of aryl methyl sites for hydroxylation is 1. The summed E-state index contributed by atoms with van der Waals surface area (Å²) in [6, 6.07) is 7.28. The standard InChI is InChI=1S/C26H25ClN6O4/c1-30-12-15(25(35)37-3)8-20(30)22-21-23(32(11-14-4-5-14)26(36)31(2)24(21)34)29-33(22)13-16-10-28-19-7-6-17(27)9-18(16)19/h6-10,12,14,28H,4-5,11,13H2,1-3H3. The van der Waals surface area contributed by atoms with E-state index in [1.54, 1.807) is 33.1 Å². The number of aromatic amines is 1. The van der Waals surface area contributed by atoms with Gasteiger partial charge in [0, 0.05) is 49.0 Å². The van der Waals surface area contributed by atoms with Crippen molar-refractivity contribution in [2.75, 3.05) is 7.11 Å². The lowest BCUT2D eigenvalue weighted by atomic mass is 10.1. The Morgan fingerprint density at radius 1 is 1.22 bits per heavy atom. The zero-order valence-corrected chi connectivity index (χ0v) is 21.4. The molecule has 1 aliphatic rings. The number of rotatable bonds is 6. The Morgan fingerprint density at radius 3 is 2.73 bits per heavy atom. The highest BCUT2D eigenvalue weighted by molar-refractivity contribution is 6.31. The molecule has 0 unspecified atom stereocenters. The van der Waals surface area contributed by atoms with Gasteiger partial charge < -0.3 is 14.3 Å². The number of hydrogen-bond acceptors (Lipinski definition) is 5. The summed E-state index contributed by atoms with van der Waals surface area (Å²) in [6.45, 7) is 0.813. The SMILES string of the molecule is COC(=O)c1cc(-c2c3c(=O)n(C)c(=O)n(CC4CC4)c3nn2Cc2c[nH]c3ccc(Cl)cc23)n(C)c1. The molecule has 1 N–H and O–H groups in total. The van der Waals surface area contributed by atoms with Crippen molar-refractivity contribution < 1.29 is 9.53 Å². The predicted molar refractivity (Wildman–Crippen MR) is 140 cm³/mol. The molecule has 4 heterocycles. The summed E-state index contributed by atoms with van der Waals surface area (Å²) >= 11 is 6.27. The largest absolute Gasteiger partial charge is 0.465 e. The van der Waals surface area contributed by atoms with E-state index >= 15 is 0 Å². The zero-order valence-electron chi connectivity index (χ0n) is 20.6. The van der Waals surface area contributed by atoms with Crippen molar-refractivity contribution in [3.63, 3.8) is 0 Å². The molecule has 5 aromatic rings. The molecule has 0 radical (unpaired) electrons. The third-order valence-corrected chi connectivity index (χ3v) is 7.32. The van der Waals surface area contributed by atoms with E-state index in [0.717, 1.165) is 33.9 Å². The van der Waals surface area contributed by atoms with Gasteiger partial charge in [0.1, 0.15) is 11.1 Å². The summed E-state index contributed by atoms with van der Waals surface area (Å²) in [6.07, 6.45) is 5.62. The normalized spacial score (nSPS) is 13.6. The van der Waals surface area contributed by atoms with Crippen LogP contribution in [0.25, 0.3) is 33.3 Å². The fourth-order valence-corrected chi connectivity index (χ4v) is 5.10. The fourth-order valence-electron chi connectivity index (χ4n) is 4.93. The van der Waals surface area contributed by atoms with Crippen LogP contribution in [0.3, 0.4) is 0 Å². The lowest BCUT2D eigenvalue weighted by molar-refractivity contribution is 0.0600. The maximum atomic E-state index is 13.5. The Labute approximate surface area is 215 Å². The van der Waals surface area contributed by atoms with Gasteiger partial charge >= 0.3 is 11.7 Å². The zero-order chi connectivity index (χ0) is 26.0. The Balaban J connectivity index is 1.64. The van der Waals surface area contributed by atoms with Crippen LogP contribution in [0.15, 0.2) is 46.2 Å². The van der Waals surface area contributed by atoms with Gasteiger partial charge in [-0.05, 0) is 48.6 Å². The second-order valence-electron chi connectivity index (χ2n) is 9.63. The average molecular weight is 521 g/mol. The van der Waals surface area contributed by atoms with Gasteiger partial charge in [0.2, 0.25) is 0 Å². The Hall–Kier alpha value is -4.05. The molecule has 0 bridgehead atoms. The first-order chi connectivity index (χ1) is 17.8. The number of nitrogens with zero attached hydrogens (tertiary/aromatic N) is 5. The van der Waals surface area contributed by atoms with Gasteiger partial charge in [0.05, 0.1) is 24.9 Å². The van der Waals surface area contributed by atoms with Crippen molar-refractivity contribution in [2.24, 2.45) is 20.0 Å². The molecule has 37 heavy (non-hydrogen) atoms. The first-order valence-corrected chi connectivity index (χ1v) is 12.4. The molecule has 1 aromatic carbocycles. The summed E-state index contributed by atoms with van der Waals surface area (Å²) in [4.78, 5) is 42.2. The lowest BCUT2D eigenvalue weighted by Crippen LogP contribution is -2.38. The number of carbonyl (C=O) groups is 1. The molecular weight excluding hydrogens is 496 g/mol. The smallest absolute Gasteiger partial charge is 0.339 e. The van der Waals surface area contributed by atoms with Gasteiger partial charge in [-0.25, -0.2) is 9.59 Å². The molecule has 4 aromatic heterocycles. The number of halogens is 1. The van der Waals surface area contributed by atoms with Gasteiger partial charge in [0.15, 0.2) is 5.65 Å².